The lowest BCUT2D eigenvalue weighted by molar-refractivity contribution is -0.149. The lowest BCUT2D eigenvalue weighted by atomic mass is 10.0. The molecule has 2 heterocycles. The number of hydrogen-bond donors (Lipinski definition) is 1. The third kappa shape index (κ3) is 3.20. The van der Waals surface area contributed by atoms with Crippen LogP contribution in [0.15, 0.2) is 23.0 Å². The quantitative estimate of drug-likeness (QED) is 0.759. The van der Waals surface area contributed by atoms with Crippen LogP contribution >= 0.6 is 0 Å². The normalized spacial score (nSPS) is 18.2. The minimum Gasteiger partial charge on any atom is -0.508 e. The molecule has 1 fully saturated rings. The summed E-state index contributed by atoms with van der Waals surface area (Å²) in [5.74, 6) is -1.48. The van der Waals surface area contributed by atoms with Gasteiger partial charge in [0.05, 0.1) is 11.0 Å². The number of phenolic OH excluding ortho intramolecular Hbond substituents is 1. The Morgan fingerprint density at radius 3 is 2.48 bits per heavy atom. The summed E-state index contributed by atoms with van der Waals surface area (Å²) >= 11 is 0. The van der Waals surface area contributed by atoms with E-state index in [9.17, 15) is 24.3 Å². The molecule has 1 saturated heterocycles. The van der Waals surface area contributed by atoms with E-state index in [0.29, 0.717) is 15.9 Å². The maximum absolute atomic E-state index is 12.9. The van der Waals surface area contributed by atoms with Crippen LogP contribution in [0.25, 0.3) is 11.0 Å². The third-order valence-corrected chi connectivity index (χ3v) is 4.35. The molecule has 3 amide bonds. The van der Waals surface area contributed by atoms with Crippen LogP contribution in [0, 0.1) is 0 Å². The van der Waals surface area contributed by atoms with Gasteiger partial charge in [0.2, 0.25) is 5.91 Å². The van der Waals surface area contributed by atoms with Gasteiger partial charge in [0.1, 0.15) is 17.4 Å². The molecule has 0 spiro atoms. The Hall–Kier alpha value is -3.10. The molecule has 27 heavy (non-hydrogen) atoms. The molecular formula is C18H21N3O6. The molecule has 1 aliphatic heterocycles. The zero-order chi connectivity index (χ0) is 20.1. The number of aromatic nitrogens is 2. The minimum absolute atomic E-state index is 0.0178. The number of likely N-dealkylation sites (tertiary alicyclic amines) is 1. The standard InChI is InChI=1S/C18H21N3O6/c1-18(2,3)27-17(26)21-14(23)8-7-12(15(21)24)20-11-6-5-10(22)9-13(11)19(4)16(20)25/h5-6,9,12,22H,7-8H2,1-4H3. The highest BCUT2D eigenvalue weighted by Crippen LogP contribution is 2.29. The summed E-state index contributed by atoms with van der Waals surface area (Å²) in [7, 11) is 1.52. The van der Waals surface area contributed by atoms with E-state index in [1.165, 1.54) is 34.4 Å². The molecule has 0 radical (unpaired) electrons. The largest absolute Gasteiger partial charge is 0.508 e. The number of ether oxygens (including phenoxy) is 1. The van der Waals surface area contributed by atoms with E-state index in [-0.39, 0.29) is 18.6 Å². The van der Waals surface area contributed by atoms with E-state index in [1.807, 2.05) is 0 Å². The predicted octanol–water partition coefficient (Wildman–Crippen LogP) is 1.67. The highest BCUT2D eigenvalue weighted by atomic mass is 16.6. The number of phenols is 1. The van der Waals surface area contributed by atoms with Crippen molar-refractivity contribution in [2.45, 2.75) is 45.3 Å². The molecule has 9 heteroatoms. The van der Waals surface area contributed by atoms with Crippen molar-refractivity contribution in [1.82, 2.24) is 14.0 Å². The van der Waals surface area contributed by atoms with Crippen LogP contribution in [0.2, 0.25) is 0 Å². The van der Waals surface area contributed by atoms with Crippen molar-refractivity contribution in [3.05, 3.63) is 28.7 Å². The third-order valence-electron chi connectivity index (χ3n) is 4.35. The van der Waals surface area contributed by atoms with E-state index in [4.69, 9.17) is 4.74 Å². The van der Waals surface area contributed by atoms with Gasteiger partial charge in [-0.3, -0.25) is 18.7 Å². The molecule has 1 atom stereocenters. The van der Waals surface area contributed by atoms with Crippen LogP contribution < -0.4 is 5.69 Å². The molecule has 3 rings (SSSR count). The number of hydrogen-bond acceptors (Lipinski definition) is 6. The smallest absolute Gasteiger partial charge is 0.424 e. The number of amides is 3. The summed E-state index contributed by atoms with van der Waals surface area (Å²) < 4.78 is 7.71. The molecule has 1 aliphatic rings. The Bertz CT molecular complexity index is 1010. The Kier molecular flexibility index (Phi) is 4.33. The summed E-state index contributed by atoms with van der Waals surface area (Å²) in [4.78, 5) is 50.6. The maximum atomic E-state index is 12.9. The molecule has 1 N–H and O–H groups in total. The maximum Gasteiger partial charge on any atom is 0.424 e. The fourth-order valence-electron chi connectivity index (χ4n) is 3.16. The SMILES string of the molecule is Cn1c(=O)n(C2CCC(=O)N(C(=O)OC(C)(C)C)C2=O)c2ccc(O)cc21. The van der Waals surface area contributed by atoms with E-state index in [0.717, 1.165) is 0 Å². The van der Waals surface area contributed by atoms with Crippen molar-refractivity contribution in [3.8, 4) is 5.75 Å². The zero-order valence-electron chi connectivity index (χ0n) is 15.6. The van der Waals surface area contributed by atoms with Crippen molar-refractivity contribution in [2.24, 2.45) is 7.05 Å². The number of imide groups is 3. The number of benzene rings is 1. The number of aromatic hydroxyl groups is 1. The van der Waals surface area contributed by atoms with Gasteiger partial charge in [0.25, 0.3) is 5.91 Å². The molecule has 0 aliphatic carbocycles. The Labute approximate surface area is 154 Å². The van der Waals surface area contributed by atoms with Crippen LogP contribution in [0.4, 0.5) is 4.79 Å². The van der Waals surface area contributed by atoms with Crippen LogP contribution in [0.3, 0.4) is 0 Å². The van der Waals surface area contributed by atoms with Crippen molar-refractivity contribution in [3.63, 3.8) is 0 Å². The summed E-state index contributed by atoms with van der Waals surface area (Å²) in [6.45, 7) is 4.88. The highest BCUT2D eigenvalue weighted by Gasteiger charge is 2.42. The summed E-state index contributed by atoms with van der Waals surface area (Å²) in [5, 5.41) is 9.67. The van der Waals surface area contributed by atoms with Crippen LogP contribution in [-0.2, 0) is 21.4 Å². The number of fused-ring (bicyclic) bond motifs is 1. The van der Waals surface area contributed by atoms with Gasteiger partial charge in [-0.1, -0.05) is 0 Å². The average molecular weight is 375 g/mol. The fourth-order valence-corrected chi connectivity index (χ4v) is 3.16. The molecule has 144 valence electrons. The van der Waals surface area contributed by atoms with Crippen molar-refractivity contribution < 1.29 is 24.2 Å². The molecule has 1 aromatic heterocycles. The number of carbonyl (C=O) groups excluding carboxylic acids is 3. The molecule has 1 aromatic carbocycles. The van der Waals surface area contributed by atoms with Gasteiger partial charge in [0.15, 0.2) is 0 Å². The number of aryl methyl sites for hydroxylation is 1. The fraction of sp³-hybridized carbons (Fsp3) is 0.444. The molecule has 2 aromatic rings. The number of nitrogens with zero attached hydrogens (tertiary/aromatic N) is 3. The van der Waals surface area contributed by atoms with E-state index < -0.39 is 35.2 Å². The first kappa shape index (κ1) is 18.7. The first-order chi connectivity index (χ1) is 12.5. The molecule has 0 saturated carbocycles. The van der Waals surface area contributed by atoms with E-state index in [1.54, 1.807) is 20.8 Å². The summed E-state index contributed by atoms with van der Waals surface area (Å²) in [6.07, 6.45) is -1.03. The first-order valence-electron chi connectivity index (χ1n) is 8.51. The first-order valence-corrected chi connectivity index (χ1v) is 8.51. The monoisotopic (exact) mass is 375 g/mol. The Balaban J connectivity index is 2.06. The molecule has 1 unspecified atom stereocenters. The molecule has 9 nitrogen and oxygen atoms in total. The van der Waals surface area contributed by atoms with Gasteiger partial charge in [-0.05, 0) is 39.3 Å². The number of rotatable bonds is 1. The zero-order valence-corrected chi connectivity index (χ0v) is 15.6. The van der Waals surface area contributed by atoms with Crippen LogP contribution in [0.1, 0.15) is 39.7 Å². The second-order valence-electron chi connectivity index (χ2n) is 7.49. The molecule has 0 bridgehead atoms. The lowest BCUT2D eigenvalue weighted by Gasteiger charge is -2.31. The lowest BCUT2D eigenvalue weighted by Crippen LogP contribution is -2.51. The second-order valence-corrected chi connectivity index (χ2v) is 7.49. The highest BCUT2D eigenvalue weighted by molar-refractivity contribution is 6.11. The van der Waals surface area contributed by atoms with Gasteiger partial charge in [-0.25, -0.2) is 9.59 Å². The van der Waals surface area contributed by atoms with Gasteiger partial charge >= 0.3 is 11.8 Å². The average Bonchev–Trinajstić information content (AvgIpc) is 2.78. The van der Waals surface area contributed by atoms with Crippen molar-refractivity contribution >= 4 is 28.9 Å². The topological polar surface area (TPSA) is 111 Å². The van der Waals surface area contributed by atoms with Gasteiger partial charge in [-0.2, -0.15) is 4.90 Å². The predicted molar refractivity (Wildman–Crippen MR) is 95.2 cm³/mol. The second kappa shape index (κ2) is 6.26. The van der Waals surface area contributed by atoms with E-state index in [2.05, 4.69) is 0 Å². The van der Waals surface area contributed by atoms with Gasteiger partial charge in [-0.15, -0.1) is 0 Å². The summed E-state index contributed by atoms with van der Waals surface area (Å²) in [5.41, 5.74) is -0.489. The Morgan fingerprint density at radius 2 is 1.85 bits per heavy atom. The van der Waals surface area contributed by atoms with Crippen LogP contribution in [-0.4, -0.2) is 42.6 Å². The van der Waals surface area contributed by atoms with Crippen molar-refractivity contribution in [2.75, 3.05) is 0 Å². The number of piperidine rings is 1. The van der Waals surface area contributed by atoms with Gasteiger partial charge in [0, 0.05) is 19.5 Å². The summed E-state index contributed by atoms with van der Waals surface area (Å²) in [6, 6.07) is 3.32. The molecular weight excluding hydrogens is 354 g/mol. The van der Waals surface area contributed by atoms with Gasteiger partial charge < -0.3 is 9.84 Å². The van der Waals surface area contributed by atoms with Crippen LogP contribution in [0.5, 0.6) is 5.75 Å². The van der Waals surface area contributed by atoms with Crippen molar-refractivity contribution in [1.29, 1.82) is 0 Å². The Morgan fingerprint density at radius 1 is 1.19 bits per heavy atom. The number of imidazole rings is 1. The number of carbonyl (C=O) groups is 3. The minimum atomic E-state index is -1.05. The van der Waals surface area contributed by atoms with E-state index >= 15 is 0 Å².